The van der Waals surface area contributed by atoms with E-state index in [0.717, 1.165) is 18.4 Å². The minimum absolute atomic E-state index is 0.0263. The molecule has 0 unspecified atom stereocenters. The molecule has 7 heteroatoms. The summed E-state index contributed by atoms with van der Waals surface area (Å²) < 4.78 is 5.77. The minimum atomic E-state index is -1.54. The zero-order chi connectivity index (χ0) is 23.5. The number of fused-ring (bicyclic) bond motifs is 5. The maximum atomic E-state index is 13.1. The monoisotopic (exact) mass is 446 g/mol. The first-order valence-electron chi connectivity index (χ1n) is 11.8. The summed E-state index contributed by atoms with van der Waals surface area (Å²) in [6.07, 6.45) is 4.63. The summed E-state index contributed by atoms with van der Waals surface area (Å²) in [5, 5.41) is 21.2. The zero-order valence-electron chi connectivity index (χ0n) is 19.2. The Morgan fingerprint density at radius 2 is 1.88 bits per heavy atom. The average Bonchev–Trinajstić information content (AvgIpc) is 2.99. The number of carbonyl (C=O) groups excluding carboxylic acids is 4. The molecule has 0 spiro atoms. The Morgan fingerprint density at radius 3 is 2.53 bits per heavy atom. The Labute approximate surface area is 188 Å². The van der Waals surface area contributed by atoms with Gasteiger partial charge in [-0.1, -0.05) is 19.4 Å². The van der Waals surface area contributed by atoms with Gasteiger partial charge in [0.25, 0.3) is 0 Å². The molecule has 0 saturated heterocycles. The number of aliphatic hydroxyl groups is 2. The maximum absolute atomic E-state index is 13.1. The molecular formula is C25H34O7. The van der Waals surface area contributed by atoms with E-state index in [9.17, 15) is 29.4 Å². The molecule has 0 amide bonds. The highest BCUT2D eigenvalue weighted by Gasteiger charge is 2.70. The van der Waals surface area contributed by atoms with E-state index in [1.807, 2.05) is 6.92 Å². The van der Waals surface area contributed by atoms with Crippen LogP contribution in [0.5, 0.6) is 0 Å². The quantitative estimate of drug-likeness (QED) is 0.491. The number of carbonyl (C=O) groups is 4. The van der Waals surface area contributed by atoms with Gasteiger partial charge >= 0.3 is 5.97 Å². The first-order chi connectivity index (χ1) is 15.0. The van der Waals surface area contributed by atoms with Gasteiger partial charge in [-0.3, -0.25) is 19.2 Å². The lowest BCUT2D eigenvalue weighted by molar-refractivity contribution is -0.202. The van der Waals surface area contributed by atoms with Crippen LogP contribution < -0.4 is 0 Å². The Kier molecular flexibility index (Phi) is 5.73. The first-order valence-corrected chi connectivity index (χ1v) is 11.8. The highest BCUT2D eigenvalue weighted by atomic mass is 16.6. The highest BCUT2D eigenvalue weighted by Crippen LogP contribution is 2.68. The molecule has 0 aromatic rings. The summed E-state index contributed by atoms with van der Waals surface area (Å²) in [6, 6.07) is 0. The van der Waals surface area contributed by atoms with Crippen LogP contribution in [0, 0.1) is 28.6 Å². The van der Waals surface area contributed by atoms with Crippen molar-refractivity contribution >= 4 is 23.3 Å². The summed E-state index contributed by atoms with van der Waals surface area (Å²) in [4.78, 5) is 49.1. The molecule has 0 radical (unpaired) electrons. The van der Waals surface area contributed by atoms with Crippen LogP contribution in [0.4, 0.5) is 0 Å². The summed E-state index contributed by atoms with van der Waals surface area (Å²) >= 11 is 0. The smallest absolute Gasteiger partial charge is 0.314 e. The normalized spacial score (nSPS) is 42.9. The van der Waals surface area contributed by atoms with Crippen LogP contribution in [0.2, 0.25) is 0 Å². The third-order valence-corrected chi connectivity index (χ3v) is 9.29. The van der Waals surface area contributed by atoms with Crippen molar-refractivity contribution in [1.29, 1.82) is 0 Å². The molecule has 2 N–H and O–H groups in total. The number of ether oxygens (including phenoxy) is 1. The van der Waals surface area contributed by atoms with Gasteiger partial charge in [0.05, 0.1) is 6.10 Å². The van der Waals surface area contributed by atoms with Crippen molar-refractivity contribution in [1.82, 2.24) is 0 Å². The van der Waals surface area contributed by atoms with Crippen LogP contribution in [0.15, 0.2) is 11.6 Å². The van der Waals surface area contributed by atoms with Gasteiger partial charge in [0, 0.05) is 11.8 Å². The molecule has 3 fully saturated rings. The third-order valence-electron chi connectivity index (χ3n) is 9.29. The van der Waals surface area contributed by atoms with Crippen molar-refractivity contribution < 1.29 is 34.1 Å². The number of allylic oxidation sites excluding steroid dienone is 1. The molecule has 3 saturated carbocycles. The van der Waals surface area contributed by atoms with Crippen molar-refractivity contribution in [2.24, 2.45) is 28.6 Å². The molecule has 0 aromatic carbocycles. The van der Waals surface area contributed by atoms with Gasteiger partial charge in [0.1, 0.15) is 18.8 Å². The molecule has 4 aliphatic rings. The highest BCUT2D eigenvalue weighted by molar-refractivity contribution is 5.97. The van der Waals surface area contributed by atoms with E-state index in [0.29, 0.717) is 19.3 Å². The predicted octanol–water partition coefficient (Wildman–Crippen LogP) is 2.31. The SMILES string of the molecule is CC(=O)CC(=O)O[C@@]1(C(=O)CO)CC[C@H]2[C@@H]3CCC4=CC(=O)CC[C@]4(C)[C@H]3[C@@H](O)C[C@@]21C. The Hall–Kier alpha value is -1.86. The number of hydrogen-bond acceptors (Lipinski definition) is 7. The van der Waals surface area contributed by atoms with Gasteiger partial charge in [0.2, 0.25) is 5.78 Å². The fraction of sp³-hybridized carbons (Fsp3) is 0.760. The molecular weight excluding hydrogens is 412 g/mol. The van der Waals surface area contributed by atoms with E-state index < -0.39 is 41.9 Å². The molecule has 0 aromatic heterocycles. The molecule has 4 aliphatic carbocycles. The number of hydrogen-bond donors (Lipinski definition) is 2. The maximum Gasteiger partial charge on any atom is 0.314 e. The summed E-state index contributed by atoms with van der Waals surface area (Å²) in [6.45, 7) is 4.59. The van der Waals surface area contributed by atoms with Gasteiger partial charge in [-0.25, -0.2) is 0 Å². The number of ketones is 3. The standard InChI is InChI=1S/C25H34O7/c1-14(27)10-21(31)32-25(20(30)13-26)9-7-18-17-5-4-15-11-16(28)6-8-23(15,2)22(17)19(29)12-24(18,25)3/h11,17-19,22,26,29H,4-10,12-13H2,1-3H3/t17-,18-,19-,22+,23-,24-,25+/m0/s1. The van der Waals surface area contributed by atoms with Crippen molar-refractivity contribution in [2.45, 2.75) is 83.8 Å². The van der Waals surface area contributed by atoms with Gasteiger partial charge in [0.15, 0.2) is 11.4 Å². The second kappa shape index (κ2) is 7.87. The number of aliphatic hydroxyl groups excluding tert-OH is 2. The Balaban J connectivity index is 1.72. The van der Waals surface area contributed by atoms with Crippen LogP contribution in [-0.2, 0) is 23.9 Å². The van der Waals surface area contributed by atoms with E-state index in [-0.39, 0.29) is 47.6 Å². The van der Waals surface area contributed by atoms with Gasteiger partial charge in [-0.2, -0.15) is 0 Å². The number of rotatable bonds is 5. The van der Waals surface area contributed by atoms with E-state index in [2.05, 4.69) is 6.92 Å². The van der Waals surface area contributed by atoms with Gasteiger partial charge in [-0.15, -0.1) is 0 Å². The molecule has 7 atom stereocenters. The fourth-order valence-corrected chi connectivity index (χ4v) is 7.92. The molecule has 176 valence electrons. The lowest BCUT2D eigenvalue weighted by Gasteiger charge is -2.60. The number of Topliss-reactive ketones (excluding diaryl/α,β-unsaturated/α-hetero) is 2. The van der Waals surface area contributed by atoms with Crippen LogP contribution in [-0.4, -0.2) is 51.8 Å². The Bertz CT molecular complexity index is 891. The van der Waals surface area contributed by atoms with Gasteiger partial charge in [-0.05, 0) is 74.7 Å². The summed E-state index contributed by atoms with van der Waals surface area (Å²) in [7, 11) is 0. The van der Waals surface area contributed by atoms with Crippen molar-refractivity contribution in [3.05, 3.63) is 11.6 Å². The summed E-state index contributed by atoms with van der Waals surface area (Å²) in [5.74, 6) is -1.39. The van der Waals surface area contributed by atoms with E-state index in [1.165, 1.54) is 6.92 Å². The second-order valence-corrected chi connectivity index (χ2v) is 10.9. The molecule has 32 heavy (non-hydrogen) atoms. The van der Waals surface area contributed by atoms with Gasteiger partial charge < -0.3 is 14.9 Å². The van der Waals surface area contributed by atoms with E-state index in [1.54, 1.807) is 6.08 Å². The minimum Gasteiger partial charge on any atom is -0.450 e. The van der Waals surface area contributed by atoms with Crippen LogP contribution in [0.3, 0.4) is 0 Å². The lowest BCUT2D eigenvalue weighted by Crippen LogP contribution is -2.63. The van der Waals surface area contributed by atoms with E-state index in [4.69, 9.17) is 4.74 Å². The lowest BCUT2D eigenvalue weighted by atomic mass is 9.45. The summed E-state index contributed by atoms with van der Waals surface area (Å²) in [5.41, 5.74) is -1.50. The molecule has 0 aliphatic heterocycles. The Morgan fingerprint density at radius 1 is 1.16 bits per heavy atom. The predicted molar refractivity (Wildman–Crippen MR) is 114 cm³/mol. The molecule has 0 bridgehead atoms. The van der Waals surface area contributed by atoms with Crippen LogP contribution >= 0.6 is 0 Å². The molecule has 0 heterocycles. The van der Waals surface area contributed by atoms with Crippen molar-refractivity contribution in [3.8, 4) is 0 Å². The molecule has 4 rings (SSSR count). The van der Waals surface area contributed by atoms with Crippen LogP contribution in [0.1, 0.15) is 72.1 Å². The third kappa shape index (κ3) is 3.23. The van der Waals surface area contributed by atoms with Crippen LogP contribution in [0.25, 0.3) is 0 Å². The number of esters is 1. The zero-order valence-corrected chi connectivity index (χ0v) is 19.2. The molecule has 7 nitrogen and oxygen atoms in total. The van der Waals surface area contributed by atoms with Crippen molar-refractivity contribution in [3.63, 3.8) is 0 Å². The fourth-order valence-electron chi connectivity index (χ4n) is 7.92. The largest absolute Gasteiger partial charge is 0.450 e. The second-order valence-electron chi connectivity index (χ2n) is 10.9. The van der Waals surface area contributed by atoms with E-state index >= 15 is 0 Å². The van der Waals surface area contributed by atoms with Crippen molar-refractivity contribution in [2.75, 3.05) is 6.61 Å². The first kappa shape index (κ1) is 23.3. The topological polar surface area (TPSA) is 118 Å². The average molecular weight is 447 g/mol.